The first kappa shape index (κ1) is 16.2. The number of para-hydroxylation sites is 1. The molecule has 1 amide bonds. The predicted molar refractivity (Wildman–Crippen MR) is 102 cm³/mol. The first-order valence-corrected chi connectivity index (χ1v) is 9.60. The lowest BCUT2D eigenvalue weighted by Crippen LogP contribution is -2.34. The van der Waals surface area contributed by atoms with Crippen molar-refractivity contribution in [2.75, 3.05) is 4.90 Å². The molecule has 25 heavy (non-hydrogen) atoms. The van der Waals surface area contributed by atoms with Crippen LogP contribution in [0.4, 0.5) is 5.13 Å². The van der Waals surface area contributed by atoms with Crippen molar-refractivity contribution in [1.82, 2.24) is 9.97 Å². The Hall–Kier alpha value is -2.27. The van der Waals surface area contributed by atoms with E-state index in [-0.39, 0.29) is 11.8 Å². The molecule has 2 aromatic heterocycles. The Bertz CT molecular complexity index is 884. The fourth-order valence-corrected chi connectivity index (χ4v) is 4.55. The molecular formula is C20H21N3OS. The van der Waals surface area contributed by atoms with Gasteiger partial charge >= 0.3 is 0 Å². The van der Waals surface area contributed by atoms with Gasteiger partial charge in [-0.3, -0.25) is 14.7 Å². The highest BCUT2D eigenvalue weighted by atomic mass is 32.1. The summed E-state index contributed by atoms with van der Waals surface area (Å²) in [5, 5.41) is 0.796. The average Bonchev–Trinajstić information content (AvgIpc) is 3.30. The Labute approximate surface area is 151 Å². The van der Waals surface area contributed by atoms with Crippen LogP contribution in [0.15, 0.2) is 42.7 Å². The molecule has 1 saturated carbocycles. The van der Waals surface area contributed by atoms with E-state index in [1.165, 1.54) is 0 Å². The van der Waals surface area contributed by atoms with Gasteiger partial charge in [0.1, 0.15) is 0 Å². The van der Waals surface area contributed by atoms with Crippen LogP contribution in [0.25, 0.3) is 10.2 Å². The number of fused-ring (bicyclic) bond motifs is 1. The van der Waals surface area contributed by atoms with Crippen molar-refractivity contribution in [3.05, 3.63) is 53.9 Å². The Balaban J connectivity index is 1.72. The minimum Gasteiger partial charge on any atom is -0.283 e. The van der Waals surface area contributed by atoms with Gasteiger partial charge in [-0.15, -0.1) is 0 Å². The van der Waals surface area contributed by atoms with Gasteiger partial charge < -0.3 is 0 Å². The van der Waals surface area contributed by atoms with Crippen molar-refractivity contribution >= 4 is 32.6 Å². The number of nitrogens with zero attached hydrogens (tertiary/aromatic N) is 3. The van der Waals surface area contributed by atoms with Crippen LogP contribution in [-0.4, -0.2) is 15.9 Å². The van der Waals surface area contributed by atoms with E-state index in [2.05, 4.69) is 24.0 Å². The Morgan fingerprint density at radius 3 is 2.80 bits per heavy atom. The molecule has 4 rings (SSSR count). The van der Waals surface area contributed by atoms with E-state index in [9.17, 15) is 4.79 Å². The van der Waals surface area contributed by atoms with Crippen LogP contribution in [0.5, 0.6) is 0 Å². The molecular weight excluding hydrogens is 330 g/mol. The van der Waals surface area contributed by atoms with Crippen LogP contribution in [0.2, 0.25) is 0 Å². The summed E-state index contributed by atoms with van der Waals surface area (Å²) in [6.45, 7) is 2.60. The van der Waals surface area contributed by atoms with E-state index >= 15 is 0 Å². The summed E-state index contributed by atoms with van der Waals surface area (Å²) in [6.07, 6.45) is 7.87. The summed E-state index contributed by atoms with van der Waals surface area (Å²) in [5.41, 5.74) is 3.18. The zero-order chi connectivity index (χ0) is 17.2. The number of anilines is 1. The number of hydrogen-bond donors (Lipinski definition) is 0. The van der Waals surface area contributed by atoms with E-state index in [1.54, 1.807) is 17.5 Å². The van der Waals surface area contributed by atoms with Crippen molar-refractivity contribution in [2.24, 2.45) is 5.92 Å². The summed E-state index contributed by atoms with van der Waals surface area (Å²) in [6, 6.07) is 10.1. The molecule has 3 aromatic rings. The maximum atomic E-state index is 13.2. The maximum absolute atomic E-state index is 13.2. The molecule has 0 unspecified atom stereocenters. The first-order chi connectivity index (χ1) is 12.2. The van der Waals surface area contributed by atoms with Crippen molar-refractivity contribution in [3.63, 3.8) is 0 Å². The molecule has 1 fully saturated rings. The highest BCUT2D eigenvalue weighted by Crippen LogP contribution is 2.34. The number of hydrogen-bond acceptors (Lipinski definition) is 4. The molecule has 5 heteroatoms. The number of pyridine rings is 1. The number of rotatable bonds is 4. The smallest absolute Gasteiger partial charge is 0.232 e. The van der Waals surface area contributed by atoms with E-state index in [4.69, 9.17) is 4.98 Å². The van der Waals surface area contributed by atoms with Crippen LogP contribution in [0, 0.1) is 12.8 Å². The molecule has 2 heterocycles. The van der Waals surface area contributed by atoms with E-state index in [0.29, 0.717) is 6.54 Å². The quantitative estimate of drug-likeness (QED) is 0.683. The van der Waals surface area contributed by atoms with Crippen molar-refractivity contribution < 1.29 is 4.79 Å². The van der Waals surface area contributed by atoms with E-state index in [1.807, 2.05) is 29.3 Å². The number of benzene rings is 1. The topological polar surface area (TPSA) is 46.1 Å². The van der Waals surface area contributed by atoms with Gasteiger partial charge in [-0.2, -0.15) is 0 Å². The predicted octanol–water partition coefficient (Wildman–Crippen LogP) is 4.72. The normalized spacial score (nSPS) is 14.9. The van der Waals surface area contributed by atoms with Gasteiger partial charge in [0.15, 0.2) is 5.13 Å². The van der Waals surface area contributed by atoms with E-state index < -0.39 is 0 Å². The highest BCUT2D eigenvalue weighted by Gasteiger charge is 2.30. The second kappa shape index (κ2) is 6.92. The van der Waals surface area contributed by atoms with Crippen LogP contribution in [0.1, 0.15) is 36.8 Å². The number of amides is 1. The molecule has 0 N–H and O–H groups in total. The lowest BCUT2D eigenvalue weighted by molar-refractivity contribution is -0.122. The zero-order valence-electron chi connectivity index (χ0n) is 14.3. The standard InChI is InChI=1S/C20H21N3OS/c1-14-6-4-10-17-18(14)22-20(25-17)23(13-15-7-5-11-21-12-15)19(24)16-8-2-3-9-16/h4-7,10-12,16H,2-3,8-9,13H2,1H3. The molecule has 0 atom stereocenters. The molecule has 1 aliphatic rings. The Morgan fingerprint density at radius 1 is 1.24 bits per heavy atom. The van der Waals surface area contributed by atoms with Gasteiger partial charge in [-0.25, -0.2) is 4.98 Å². The minimum absolute atomic E-state index is 0.129. The number of carbonyl (C=O) groups is 1. The molecule has 1 aromatic carbocycles. The molecule has 4 nitrogen and oxygen atoms in total. The average molecular weight is 351 g/mol. The van der Waals surface area contributed by atoms with Crippen molar-refractivity contribution in [1.29, 1.82) is 0 Å². The van der Waals surface area contributed by atoms with Gasteiger partial charge in [0, 0.05) is 18.3 Å². The Kier molecular flexibility index (Phi) is 4.49. The molecule has 0 radical (unpaired) electrons. The van der Waals surface area contributed by atoms with Crippen LogP contribution in [-0.2, 0) is 11.3 Å². The number of aromatic nitrogens is 2. The molecule has 0 spiro atoms. The lowest BCUT2D eigenvalue weighted by Gasteiger charge is -2.23. The summed E-state index contributed by atoms with van der Waals surface area (Å²) >= 11 is 1.60. The van der Waals surface area contributed by atoms with Gasteiger partial charge in [0.2, 0.25) is 5.91 Å². The van der Waals surface area contributed by atoms with Crippen molar-refractivity contribution in [2.45, 2.75) is 39.2 Å². The lowest BCUT2D eigenvalue weighted by atomic mass is 10.1. The fraction of sp³-hybridized carbons (Fsp3) is 0.350. The molecule has 0 bridgehead atoms. The third-order valence-corrected chi connectivity index (χ3v) is 5.92. The second-order valence-corrected chi connectivity index (χ2v) is 7.69. The van der Waals surface area contributed by atoms with Crippen molar-refractivity contribution in [3.8, 4) is 0 Å². The molecule has 0 aliphatic heterocycles. The highest BCUT2D eigenvalue weighted by molar-refractivity contribution is 7.22. The van der Waals surface area contributed by atoms with Gasteiger partial charge in [-0.05, 0) is 43.0 Å². The number of aryl methyl sites for hydroxylation is 1. The summed E-state index contributed by atoms with van der Waals surface area (Å²) in [4.78, 5) is 24.1. The molecule has 1 aliphatic carbocycles. The Morgan fingerprint density at radius 2 is 2.08 bits per heavy atom. The van der Waals surface area contributed by atoms with Gasteiger partial charge in [0.25, 0.3) is 0 Å². The zero-order valence-corrected chi connectivity index (χ0v) is 15.1. The van der Waals surface area contributed by atoms with Gasteiger partial charge in [0.05, 0.1) is 16.8 Å². The fourth-order valence-electron chi connectivity index (χ4n) is 3.50. The summed E-state index contributed by atoms with van der Waals surface area (Å²) < 4.78 is 1.13. The van der Waals surface area contributed by atoms with Gasteiger partial charge in [-0.1, -0.05) is 42.4 Å². The third kappa shape index (κ3) is 3.29. The van der Waals surface area contributed by atoms with E-state index in [0.717, 1.165) is 52.2 Å². The molecule has 128 valence electrons. The minimum atomic E-state index is 0.129. The summed E-state index contributed by atoms with van der Waals surface area (Å²) in [5.74, 6) is 0.336. The number of carbonyl (C=O) groups excluding carboxylic acids is 1. The first-order valence-electron chi connectivity index (χ1n) is 8.79. The maximum Gasteiger partial charge on any atom is 0.232 e. The number of thiazole rings is 1. The second-order valence-electron chi connectivity index (χ2n) is 6.69. The monoisotopic (exact) mass is 351 g/mol. The van der Waals surface area contributed by atoms with Crippen LogP contribution < -0.4 is 4.90 Å². The molecule has 0 saturated heterocycles. The third-order valence-electron chi connectivity index (χ3n) is 4.87. The summed E-state index contributed by atoms with van der Waals surface area (Å²) in [7, 11) is 0. The SMILES string of the molecule is Cc1cccc2sc(N(Cc3cccnc3)C(=O)C3CCCC3)nc12. The van der Waals surface area contributed by atoms with Crippen LogP contribution in [0.3, 0.4) is 0 Å². The van der Waals surface area contributed by atoms with Crippen LogP contribution >= 0.6 is 11.3 Å². The largest absolute Gasteiger partial charge is 0.283 e.